The smallest absolute Gasteiger partial charge is 0.335 e. The zero-order valence-electron chi connectivity index (χ0n) is 13.2. The lowest BCUT2D eigenvalue weighted by Crippen LogP contribution is -2.24. The van der Waals surface area contributed by atoms with Crippen LogP contribution in [0.5, 0.6) is 5.75 Å². The summed E-state index contributed by atoms with van der Waals surface area (Å²) in [5.74, 6) is -0.558. The molecule has 1 aromatic rings. The zero-order chi connectivity index (χ0) is 16.2. The molecule has 1 rings (SSSR count). The first-order chi connectivity index (χ1) is 9.65. The van der Waals surface area contributed by atoms with E-state index in [1.807, 2.05) is 6.92 Å². The number of rotatable bonds is 5. The van der Waals surface area contributed by atoms with Gasteiger partial charge in [0.25, 0.3) is 0 Å². The van der Waals surface area contributed by atoms with Crippen molar-refractivity contribution in [3.63, 3.8) is 0 Å². The van der Waals surface area contributed by atoms with Crippen LogP contribution in [-0.4, -0.2) is 24.1 Å². The van der Waals surface area contributed by atoms with E-state index in [1.165, 1.54) is 25.3 Å². The fourth-order valence-electron chi connectivity index (χ4n) is 1.72. The Labute approximate surface area is 125 Å². The van der Waals surface area contributed by atoms with E-state index in [0.29, 0.717) is 17.9 Å². The molecule has 21 heavy (non-hydrogen) atoms. The Morgan fingerprint density at radius 3 is 2.43 bits per heavy atom. The molecule has 2 N–H and O–H groups in total. The summed E-state index contributed by atoms with van der Waals surface area (Å²) in [6, 6.07) is 4.38. The Bertz CT molecular complexity index is 532. The number of hydrogen-bond donors (Lipinski definition) is 2. The van der Waals surface area contributed by atoms with Gasteiger partial charge in [0.15, 0.2) is 0 Å². The highest BCUT2D eigenvalue weighted by molar-refractivity contribution is 5.95. The van der Waals surface area contributed by atoms with Crippen molar-refractivity contribution >= 4 is 17.6 Å². The Balaban J connectivity index is 2.88. The van der Waals surface area contributed by atoms with Crippen molar-refractivity contribution in [1.82, 2.24) is 0 Å². The van der Waals surface area contributed by atoms with Crippen molar-refractivity contribution in [2.75, 3.05) is 12.4 Å². The number of ether oxygens (including phenoxy) is 1. The molecule has 0 spiro atoms. The summed E-state index contributed by atoms with van der Waals surface area (Å²) in [6.45, 7) is 8.26. The average molecular weight is 293 g/mol. The van der Waals surface area contributed by atoms with Gasteiger partial charge in [-0.15, -0.1) is 0 Å². The van der Waals surface area contributed by atoms with Crippen molar-refractivity contribution in [3.8, 4) is 5.75 Å². The third-order valence-electron chi connectivity index (χ3n) is 3.69. The van der Waals surface area contributed by atoms with Crippen LogP contribution in [-0.2, 0) is 4.79 Å². The molecule has 1 amide bonds. The summed E-state index contributed by atoms with van der Waals surface area (Å²) in [4.78, 5) is 23.1. The Morgan fingerprint density at radius 1 is 1.33 bits per heavy atom. The second-order valence-corrected chi connectivity index (χ2v) is 6.24. The number of carbonyl (C=O) groups excluding carboxylic acids is 1. The first-order valence-corrected chi connectivity index (χ1v) is 6.86. The number of anilines is 1. The Morgan fingerprint density at radius 2 is 1.95 bits per heavy atom. The van der Waals surface area contributed by atoms with Crippen molar-refractivity contribution in [3.05, 3.63) is 23.8 Å². The SMILES string of the molecule is COc1ccc(C(=O)O)cc1NC(=O)CC(C)C(C)(C)C. The third-order valence-corrected chi connectivity index (χ3v) is 3.69. The van der Waals surface area contributed by atoms with E-state index in [1.54, 1.807) is 0 Å². The molecular weight excluding hydrogens is 270 g/mol. The highest BCUT2D eigenvalue weighted by Gasteiger charge is 2.23. The molecule has 0 aliphatic rings. The summed E-state index contributed by atoms with van der Waals surface area (Å²) >= 11 is 0. The van der Waals surface area contributed by atoms with E-state index in [0.717, 1.165) is 0 Å². The minimum absolute atomic E-state index is 0.0321. The molecular formula is C16H23NO4. The molecule has 0 heterocycles. The van der Waals surface area contributed by atoms with Crippen molar-refractivity contribution in [2.24, 2.45) is 11.3 Å². The lowest BCUT2D eigenvalue weighted by Gasteiger charge is -2.26. The number of carboxylic acid groups (broad SMARTS) is 1. The fourth-order valence-corrected chi connectivity index (χ4v) is 1.72. The molecule has 1 aromatic carbocycles. The summed E-state index contributed by atoms with van der Waals surface area (Å²) in [5, 5.41) is 11.7. The molecule has 1 unspecified atom stereocenters. The number of hydrogen-bond acceptors (Lipinski definition) is 3. The van der Waals surface area contributed by atoms with Gasteiger partial charge < -0.3 is 15.2 Å². The molecule has 5 heteroatoms. The van der Waals surface area contributed by atoms with Gasteiger partial charge >= 0.3 is 5.97 Å². The monoisotopic (exact) mass is 293 g/mol. The minimum atomic E-state index is -1.05. The summed E-state index contributed by atoms with van der Waals surface area (Å²) in [5.41, 5.74) is 0.517. The van der Waals surface area contributed by atoms with Gasteiger partial charge in [-0.2, -0.15) is 0 Å². The summed E-state index contributed by atoms with van der Waals surface area (Å²) in [6.07, 6.45) is 0.365. The number of carbonyl (C=O) groups is 2. The van der Waals surface area contributed by atoms with E-state index >= 15 is 0 Å². The predicted octanol–water partition coefficient (Wildman–Crippen LogP) is 3.40. The van der Waals surface area contributed by atoms with Crippen LogP contribution in [0.4, 0.5) is 5.69 Å². The quantitative estimate of drug-likeness (QED) is 0.872. The van der Waals surface area contributed by atoms with Crippen molar-refractivity contribution < 1.29 is 19.4 Å². The highest BCUT2D eigenvalue weighted by Crippen LogP contribution is 2.30. The standard InChI is InChI=1S/C16H23NO4/c1-10(16(2,3)4)8-14(18)17-12-9-11(15(19)20)6-7-13(12)21-5/h6-7,9-10H,8H2,1-5H3,(H,17,18)(H,19,20). The molecule has 0 saturated carbocycles. The molecule has 0 saturated heterocycles. The second kappa shape index (κ2) is 6.61. The molecule has 0 aromatic heterocycles. The Kier molecular flexibility index (Phi) is 5.35. The van der Waals surface area contributed by atoms with Crippen LogP contribution in [0.25, 0.3) is 0 Å². The van der Waals surface area contributed by atoms with Crippen LogP contribution < -0.4 is 10.1 Å². The topological polar surface area (TPSA) is 75.6 Å². The maximum Gasteiger partial charge on any atom is 0.335 e. The van der Waals surface area contributed by atoms with Gasteiger partial charge in [-0.25, -0.2) is 4.79 Å². The first kappa shape index (κ1) is 17.0. The van der Waals surface area contributed by atoms with E-state index in [9.17, 15) is 9.59 Å². The van der Waals surface area contributed by atoms with Crippen molar-refractivity contribution in [2.45, 2.75) is 34.1 Å². The van der Waals surface area contributed by atoms with Crippen LogP contribution in [0.1, 0.15) is 44.5 Å². The van der Waals surface area contributed by atoms with E-state index in [-0.39, 0.29) is 22.8 Å². The van der Waals surface area contributed by atoms with Crippen molar-refractivity contribution in [1.29, 1.82) is 0 Å². The number of methoxy groups -OCH3 is 1. The predicted molar refractivity (Wildman–Crippen MR) is 81.8 cm³/mol. The summed E-state index contributed by atoms with van der Waals surface area (Å²) in [7, 11) is 1.48. The number of benzene rings is 1. The van der Waals surface area contributed by atoms with E-state index in [4.69, 9.17) is 9.84 Å². The van der Waals surface area contributed by atoms with Crippen LogP contribution in [0, 0.1) is 11.3 Å². The molecule has 0 aliphatic carbocycles. The summed E-state index contributed by atoms with van der Waals surface area (Å²) < 4.78 is 5.15. The van der Waals surface area contributed by atoms with E-state index < -0.39 is 5.97 Å². The van der Waals surface area contributed by atoms with Gasteiger partial charge in [0, 0.05) is 6.42 Å². The normalized spacial score (nSPS) is 12.6. The van der Waals surface area contributed by atoms with E-state index in [2.05, 4.69) is 26.1 Å². The molecule has 1 atom stereocenters. The van der Waals surface area contributed by atoms with Crippen LogP contribution in [0.3, 0.4) is 0 Å². The molecule has 116 valence electrons. The second-order valence-electron chi connectivity index (χ2n) is 6.24. The number of nitrogens with one attached hydrogen (secondary N) is 1. The van der Waals surface area contributed by atoms with Gasteiger partial charge in [-0.1, -0.05) is 27.7 Å². The number of amides is 1. The minimum Gasteiger partial charge on any atom is -0.495 e. The molecule has 0 fully saturated rings. The highest BCUT2D eigenvalue weighted by atomic mass is 16.5. The van der Waals surface area contributed by atoms with Crippen LogP contribution >= 0.6 is 0 Å². The third kappa shape index (κ3) is 4.77. The molecule has 0 bridgehead atoms. The zero-order valence-corrected chi connectivity index (χ0v) is 13.2. The molecule has 0 aliphatic heterocycles. The van der Waals surface area contributed by atoms with Gasteiger partial charge in [0.05, 0.1) is 18.4 Å². The Hall–Kier alpha value is -2.04. The largest absolute Gasteiger partial charge is 0.495 e. The maximum atomic E-state index is 12.1. The lowest BCUT2D eigenvalue weighted by molar-refractivity contribution is -0.117. The maximum absolute atomic E-state index is 12.1. The first-order valence-electron chi connectivity index (χ1n) is 6.86. The average Bonchev–Trinajstić information content (AvgIpc) is 2.37. The molecule has 0 radical (unpaired) electrons. The van der Waals surface area contributed by atoms with Gasteiger partial charge in [0.1, 0.15) is 5.75 Å². The fraction of sp³-hybridized carbons (Fsp3) is 0.500. The van der Waals surface area contributed by atoms with Gasteiger partial charge in [-0.05, 0) is 29.5 Å². The van der Waals surface area contributed by atoms with Crippen LogP contribution in [0.2, 0.25) is 0 Å². The number of aromatic carboxylic acids is 1. The van der Waals surface area contributed by atoms with Gasteiger partial charge in [-0.3, -0.25) is 4.79 Å². The number of carboxylic acids is 1. The van der Waals surface area contributed by atoms with Gasteiger partial charge in [0.2, 0.25) is 5.91 Å². The van der Waals surface area contributed by atoms with Crippen LogP contribution in [0.15, 0.2) is 18.2 Å². The molecule has 5 nitrogen and oxygen atoms in total. The lowest BCUT2D eigenvalue weighted by atomic mass is 9.80.